The molecule has 1 aromatic heterocycles. The fourth-order valence-electron chi connectivity index (χ4n) is 1.17. The molecule has 0 atom stereocenters. The van der Waals surface area contributed by atoms with Crippen molar-refractivity contribution >= 4 is 17.3 Å². The second-order valence-corrected chi connectivity index (χ2v) is 4.89. The third kappa shape index (κ3) is 2.54. The lowest BCUT2D eigenvalue weighted by atomic mass is 10.1. The van der Waals surface area contributed by atoms with E-state index >= 15 is 0 Å². The SMILES string of the molecule is COC(=O)c1nc(CC(C)C)sc1C. The number of carbonyl (C=O) groups is 1. The Morgan fingerprint density at radius 2 is 2.21 bits per heavy atom. The molecule has 0 aliphatic carbocycles. The van der Waals surface area contributed by atoms with Crippen molar-refractivity contribution in [1.29, 1.82) is 0 Å². The molecule has 1 rings (SSSR count). The number of methoxy groups -OCH3 is 1. The lowest BCUT2D eigenvalue weighted by Crippen LogP contribution is -2.04. The molecule has 0 bridgehead atoms. The summed E-state index contributed by atoms with van der Waals surface area (Å²) >= 11 is 1.57. The third-order valence-electron chi connectivity index (χ3n) is 1.80. The van der Waals surface area contributed by atoms with Crippen LogP contribution in [-0.2, 0) is 11.2 Å². The maximum Gasteiger partial charge on any atom is 0.357 e. The number of thiazole rings is 1. The van der Waals surface area contributed by atoms with E-state index in [0.29, 0.717) is 11.6 Å². The van der Waals surface area contributed by atoms with Crippen LogP contribution < -0.4 is 0 Å². The van der Waals surface area contributed by atoms with Gasteiger partial charge in [-0.15, -0.1) is 11.3 Å². The number of nitrogens with zero attached hydrogens (tertiary/aromatic N) is 1. The van der Waals surface area contributed by atoms with Gasteiger partial charge in [0, 0.05) is 11.3 Å². The summed E-state index contributed by atoms with van der Waals surface area (Å²) in [5, 5.41) is 1.01. The van der Waals surface area contributed by atoms with Gasteiger partial charge in [-0.25, -0.2) is 9.78 Å². The van der Waals surface area contributed by atoms with E-state index in [9.17, 15) is 4.79 Å². The second kappa shape index (κ2) is 4.55. The Kier molecular flexibility index (Phi) is 3.63. The molecule has 0 aliphatic heterocycles. The Morgan fingerprint density at radius 3 is 2.71 bits per heavy atom. The molecule has 14 heavy (non-hydrogen) atoms. The number of hydrogen-bond acceptors (Lipinski definition) is 4. The Hall–Kier alpha value is -0.900. The normalized spacial score (nSPS) is 10.6. The van der Waals surface area contributed by atoms with Gasteiger partial charge in [0.25, 0.3) is 0 Å². The topological polar surface area (TPSA) is 39.2 Å². The summed E-state index contributed by atoms with van der Waals surface area (Å²) in [6.45, 7) is 6.16. The maximum absolute atomic E-state index is 11.3. The second-order valence-electron chi connectivity index (χ2n) is 3.60. The molecule has 0 N–H and O–H groups in total. The highest BCUT2D eigenvalue weighted by atomic mass is 32.1. The van der Waals surface area contributed by atoms with E-state index in [1.165, 1.54) is 7.11 Å². The van der Waals surface area contributed by atoms with Crippen molar-refractivity contribution in [2.45, 2.75) is 27.2 Å². The van der Waals surface area contributed by atoms with E-state index in [2.05, 4.69) is 23.6 Å². The maximum atomic E-state index is 11.3. The van der Waals surface area contributed by atoms with Crippen molar-refractivity contribution in [3.63, 3.8) is 0 Å². The number of ether oxygens (including phenoxy) is 1. The fourth-order valence-corrected chi connectivity index (χ4v) is 2.31. The number of aryl methyl sites for hydroxylation is 1. The van der Waals surface area contributed by atoms with Gasteiger partial charge in [-0.3, -0.25) is 0 Å². The molecule has 78 valence electrons. The van der Waals surface area contributed by atoms with Crippen LogP contribution in [0.4, 0.5) is 0 Å². The Bertz CT molecular complexity index is 331. The molecule has 0 unspecified atom stereocenters. The zero-order chi connectivity index (χ0) is 10.7. The lowest BCUT2D eigenvalue weighted by molar-refractivity contribution is 0.0594. The Balaban J connectivity index is 2.87. The van der Waals surface area contributed by atoms with Gasteiger partial charge in [0.15, 0.2) is 5.69 Å². The van der Waals surface area contributed by atoms with Crippen LogP contribution in [0.1, 0.15) is 34.2 Å². The van der Waals surface area contributed by atoms with Crippen molar-refractivity contribution in [2.24, 2.45) is 5.92 Å². The minimum absolute atomic E-state index is 0.339. The predicted molar refractivity (Wildman–Crippen MR) is 56.7 cm³/mol. The summed E-state index contributed by atoms with van der Waals surface area (Å²) in [5.41, 5.74) is 0.466. The average molecular weight is 213 g/mol. The van der Waals surface area contributed by atoms with Gasteiger partial charge in [0.05, 0.1) is 12.1 Å². The van der Waals surface area contributed by atoms with Crippen LogP contribution in [0.5, 0.6) is 0 Å². The van der Waals surface area contributed by atoms with Crippen LogP contribution in [0.2, 0.25) is 0 Å². The number of rotatable bonds is 3. The van der Waals surface area contributed by atoms with Gasteiger partial charge < -0.3 is 4.74 Å². The predicted octanol–water partition coefficient (Wildman–Crippen LogP) is 2.44. The zero-order valence-corrected chi connectivity index (χ0v) is 9.77. The summed E-state index contributed by atoms with van der Waals surface area (Å²) in [4.78, 5) is 16.5. The molecular formula is C10H15NO2S. The van der Waals surface area contributed by atoms with Gasteiger partial charge in [0.1, 0.15) is 0 Å². The molecular weight excluding hydrogens is 198 g/mol. The monoisotopic (exact) mass is 213 g/mol. The number of esters is 1. The third-order valence-corrected chi connectivity index (χ3v) is 2.80. The van der Waals surface area contributed by atoms with Crippen LogP contribution in [0.3, 0.4) is 0 Å². The Labute approximate surface area is 88.1 Å². The van der Waals surface area contributed by atoms with Gasteiger partial charge in [0.2, 0.25) is 0 Å². The van der Waals surface area contributed by atoms with Crippen LogP contribution in [-0.4, -0.2) is 18.1 Å². The Morgan fingerprint density at radius 1 is 1.57 bits per heavy atom. The quantitative estimate of drug-likeness (QED) is 0.724. The molecule has 3 nitrogen and oxygen atoms in total. The first-order chi connectivity index (χ1) is 6.54. The van der Waals surface area contributed by atoms with Crippen LogP contribution >= 0.6 is 11.3 Å². The van der Waals surface area contributed by atoms with E-state index in [4.69, 9.17) is 0 Å². The van der Waals surface area contributed by atoms with E-state index in [1.807, 2.05) is 6.92 Å². The molecule has 0 spiro atoms. The van der Waals surface area contributed by atoms with Gasteiger partial charge >= 0.3 is 5.97 Å². The molecule has 1 heterocycles. The molecule has 0 fully saturated rings. The van der Waals surface area contributed by atoms with Crippen molar-refractivity contribution in [2.75, 3.05) is 7.11 Å². The van der Waals surface area contributed by atoms with Gasteiger partial charge in [-0.1, -0.05) is 13.8 Å². The van der Waals surface area contributed by atoms with E-state index in [1.54, 1.807) is 11.3 Å². The van der Waals surface area contributed by atoms with Gasteiger partial charge in [-0.05, 0) is 12.8 Å². The summed E-state index contributed by atoms with van der Waals surface area (Å²) in [6, 6.07) is 0. The van der Waals surface area contributed by atoms with E-state index in [-0.39, 0.29) is 5.97 Å². The van der Waals surface area contributed by atoms with Crippen molar-refractivity contribution in [3.8, 4) is 0 Å². The van der Waals surface area contributed by atoms with Crippen molar-refractivity contribution in [3.05, 3.63) is 15.6 Å². The summed E-state index contributed by atoms with van der Waals surface area (Å²) in [6.07, 6.45) is 0.919. The summed E-state index contributed by atoms with van der Waals surface area (Å²) in [7, 11) is 1.38. The summed E-state index contributed by atoms with van der Waals surface area (Å²) in [5.74, 6) is 0.222. The fraction of sp³-hybridized carbons (Fsp3) is 0.600. The minimum atomic E-state index is -0.339. The largest absolute Gasteiger partial charge is 0.464 e. The van der Waals surface area contributed by atoms with Crippen LogP contribution in [0.15, 0.2) is 0 Å². The smallest absolute Gasteiger partial charge is 0.357 e. The number of hydrogen-bond donors (Lipinski definition) is 0. The highest BCUT2D eigenvalue weighted by molar-refractivity contribution is 7.11. The first kappa shape index (κ1) is 11.2. The molecule has 0 radical (unpaired) electrons. The highest BCUT2D eigenvalue weighted by Crippen LogP contribution is 2.20. The zero-order valence-electron chi connectivity index (χ0n) is 8.96. The van der Waals surface area contributed by atoms with Crippen LogP contribution in [0, 0.1) is 12.8 Å². The molecule has 4 heteroatoms. The average Bonchev–Trinajstić information content (AvgIpc) is 2.44. The first-order valence-corrected chi connectivity index (χ1v) is 5.40. The lowest BCUT2D eigenvalue weighted by Gasteiger charge is -1.98. The molecule has 1 aromatic rings. The minimum Gasteiger partial charge on any atom is -0.464 e. The molecule has 0 saturated heterocycles. The number of aromatic nitrogens is 1. The van der Waals surface area contributed by atoms with Crippen LogP contribution in [0.25, 0.3) is 0 Å². The highest BCUT2D eigenvalue weighted by Gasteiger charge is 2.15. The molecule has 0 saturated carbocycles. The van der Waals surface area contributed by atoms with E-state index < -0.39 is 0 Å². The number of carbonyl (C=O) groups excluding carboxylic acids is 1. The molecule has 0 aliphatic rings. The first-order valence-electron chi connectivity index (χ1n) is 4.59. The molecule has 0 aromatic carbocycles. The molecule has 0 amide bonds. The van der Waals surface area contributed by atoms with Gasteiger partial charge in [-0.2, -0.15) is 0 Å². The summed E-state index contributed by atoms with van der Waals surface area (Å²) < 4.78 is 4.64. The van der Waals surface area contributed by atoms with Crippen molar-refractivity contribution in [1.82, 2.24) is 4.98 Å². The standard InChI is InChI=1S/C10H15NO2S/c1-6(2)5-8-11-9(7(3)14-8)10(12)13-4/h6H,5H2,1-4H3. The van der Waals surface area contributed by atoms with Crippen molar-refractivity contribution < 1.29 is 9.53 Å². The van der Waals surface area contributed by atoms with E-state index in [0.717, 1.165) is 16.3 Å².